The third-order valence-electron chi connectivity index (χ3n) is 2.96. The second-order valence-corrected chi connectivity index (χ2v) is 6.46. The van der Waals surface area contributed by atoms with E-state index in [-0.39, 0.29) is 6.04 Å². The first-order valence-corrected chi connectivity index (χ1v) is 8.29. The molecule has 1 rings (SSSR count). The molecule has 0 aliphatic heterocycles. The normalized spacial score (nSPS) is 13.3. The molecular formula is C14H24N2O3S. The molecule has 2 N–H and O–H groups in total. The predicted octanol–water partition coefficient (Wildman–Crippen LogP) is 1.15. The largest absolute Gasteiger partial charge is 0.384 e. The Hall–Kier alpha value is -0.950. The highest BCUT2D eigenvalue weighted by molar-refractivity contribution is 7.89. The minimum absolute atomic E-state index is 0.107. The average molecular weight is 300 g/mol. The van der Waals surface area contributed by atoms with Crippen LogP contribution in [0.4, 0.5) is 0 Å². The van der Waals surface area contributed by atoms with E-state index >= 15 is 0 Å². The van der Waals surface area contributed by atoms with E-state index in [0.717, 1.165) is 18.5 Å². The topological polar surface area (TPSA) is 67.4 Å². The van der Waals surface area contributed by atoms with E-state index in [1.807, 2.05) is 26.0 Å². The van der Waals surface area contributed by atoms with Gasteiger partial charge in [-0.2, -0.15) is 0 Å². The van der Waals surface area contributed by atoms with Gasteiger partial charge in [-0.1, -0.05) is 19.1 Å². The zero-order valence-corrected chi connectivity index (χ0v) is 13.2. The van der Waals surface area contributed by atoms with Crippen molar-refractivity contribution in [1.29, 1.82) is 0 Å². The van der Waals surface area contributed by atoms with Gasteiger partial charge in [0.1, 0.15) is 0 Å². The Morgan fingerprint density at radius 2 is 1.90 bits per heavy atom. The Bertz CT molecular complexity index is 486. The number of ether oxygens (including phenoxy) is 1. The zero-order chi connectivity index (χ0) is 15.0. The molecule has 0 bridgehead atoms. The van der Waals surface area contributed by atoms with Crippen molar-refractivity contribution in [3.8, 4) is 0 Å². The van der Waals surface area contributed by atoms with Crippen molar-refractivity contribution in [3.05, 3.63) is 29.8 Å². The highest BCUT2D eigenvalue weighted by Gasteiger charge is 2.14. The molecule has 0 aliphatic carbocycles. The van der Waals surface area contributed by atoms with Gasteiger partial charge in [-0.15, -0.1) is 0 Å². The van der Waals surface area contributed by atoms with E-state index in [1.54, 1.807) is 19.2 Å². The molecule has 0 heterocycles. The summed E-state index contributed by atoms with van der Waals surface area (Å²) in [6.45, 7) is 5.76. The number of likely N-dealkylation sites (N-methyl/N-ethyl adjacent to an activating group) is 1. The molecule has 0 aliphatic rings. The lowest BCUT2D eigenvalue weighted by Gasteiger charge is -2.13. The van der Waals surface area contributed by atoms with Crippen LogP contribution in [0.3, 0.4) is 0 Å². The van der Waals surface area contributed by atoms with E-state index in [9.17, 15) is 8.42 Å². The fraction of sp³-hybridized carbons (Fsp3) is 0.571. The summed E-state index contributed by atoms with van der Waals surface area (Å²) in [6.07, 6.45) is 0.779. The van der Waals surface area contributed by atoms with Crippen LogP contribution in [-0.2, 0) is 21.2 Å². The van der Waals surface area contributed by atoms with Gasteiger partial charge in [0.15, 0.2) is 0 Å². The van der Waals surface area contributed by atoms with Crippen molar-refractivity contribution < 1.29 is 13.2 Å². The first-order valence-electron chi connectivity index (χ1n) is 6.80. The molecule has 5 nitrogen and oxygen atoms in total. The molecule has 0 unspecified atom stereocenters. The van der Waals surface area contributed by atoms with E-state index in [4.69, 9.17) is 4.74 Å². The molecule has 0 spiro atoms. The number of rotatable bonds is 9. The molecule has 0 amide bonds. The van der Waals surface area contributed by atoms with E-state index in [0.29, 0.717) is 18.0 Å². The number of benzene rings is 1. The minimum Gasteiger partial charge on any atom is -0.384 e. The van der Waals surface area contributed by atoms with Crippen molar-refractivity contribution >= 4 is 10.0 Å². The maximum atomic E-state index is 12.1. The van der Waals surface area contributed by atoms with Crippen LogP contribution in [0.25, 0.3) is 0 Å². The van der Waals surface area contributed by atoms with Crippen LogP contribution in [-0.4, -0.2) is 41.3 Å². The lowest BCUT2D eigenvalue weighted by atomic mass is 10.2. The molecule has 0 saturated carbocycles. The maximum Gasteiger partial charge on any atom is 0.240 e. The van der Waals surface area contributed by atoms with Crippen molar-refractivity contribution in [1.82, 2.24) is 10.0 Å². The molecule has 0 radical (unpaired) electrons. The van der Waals surface area contributed by atoms with E-state index < -0.39 is 10.0 Å². The quantitative estimate of drug-likeness (QED) is 0.718. The highest BCUT2D eigenvalue weighted by atomic mass is 32.2. The zero-order valence-electron chi connectivity index (χ0n) is 12.3. The summed E-state index contributed by atoms with van der Waals surface area (Å²) >= 11 is 0. The van der Waals surface area contributed by atoms with Gasteiger partial charge in [-0.3, -0.25) is 0 Å². The Kier molecular flexibility index (Phi) is 7.15. The number of hydrogen-bond donors (Lipinski definition) is 2. The van der Waals surface area contributed by atoms with Crippen LogP contribution >= 0.6 is 0 Å². The number of hydrogen-bond acceptors (Lipinski definition) is 4. The van der Waals surface area contributed by atoms with Gasteiger partial charge < -0.3 is 10.1 Å². The summed E-state index contributed by atoms with van der Waals surface area (Å²) < 4.78 is 31.8. The second kappa shape index (κ2) is 8.36. The highest BCUT2D eigenvalue weighted by Crippen LogP contribution is 2.11. The summed E-state index contributed by atoms with van der Waals surface area (Å²) in [7, 11) is -1.79. The van der Waals surface area contributed by atoms with Gasteiger partial charge in [0, 0.05) is 19.7 Å². The van der Waals surface area contributed by atoms with E-state index in [2.05, 4.69) is 10.0 Å². The molecule has 1 atom stereocenters. The summed E-state index contributed by atoms with van der Waals surface area (Å²) in [5, 5.41) is 3.16. The first kappa shape index (κ1) is 17.1. The van der Waals surface area contributed by atoms with Gasteiger partial charge in [0.25, 0.3) is 0 Å². The third kappa shape index (κ3) is 5.58. The van der Waals surface area contributed by atoms with Crippen LogP contribution in [0.2, 0.25) is 0 Å². The standard InChI is InChI=1S/C14H24N2O3S/c1-4-15-12(2)11-16-20(17,18)14-7-5-13(6-8-14)9-10-19-3/h5-8,12,15-16H,4,9-11H2,1-3H3/t12-/m1/s1. The Balaban J connectivity index is 2.63. The Labute approximate surface area is 121 Å². The monoisotopic (exact) mass is 300 g/mol. The molecule has 20 heavy (non-hydrogen) atoms. The summed E-state index contributed by atoms with van der Waals surface area (Å²) in [5.41, 5.74) is 1.06. The molecule has 0 aromatic heterocycles. The van der Waals surface area contributed by atoms with E-state index in [1.165, 1.54) is 0 Å². The second-order valence-electron chi connectivity index (χ2n) is 4.70. The molecule has 114 valence electrons. The number of methoxy groups -OCH3 is 1. The number of sulfonamides is 1. The van der Waals surface area contributed by atoms with Crippen molar-refractivity contribution in [2.24, 2.45) is 0 Å². The molecule has 0 saturated heterocycles. The van der Waals surface area contributed by atoms with Gasteiger partial charge in [-0.25, -0.2) is 13.1 Å². The predicted molar refractivity (Wildman–Crippen MR) is 80.3 cm³/mol. The molecular weight excluding hydrogens is 276 g/mol. The fourth-order valence-corrected chi connectivity index (χ4v) is 2.92. The Morgan fingerprint density at radius 1 is 1.25 bits per heavy atom. The van der Waals surface area contributed by atoms with Gasteiger partial charge in [0.2, 0.25) is 10.0 Å². The molecule has 0 fully saturated rings. The number of nitrogens with one attached hydrogen (secondary N) is 2. The van der Waals surface area contributed by atoms with Crippen LogP contribution in [0.5, 0.6) is 0 Å². The van der Waals surface area contributed by atoms with Crippen LogP contribution < -0.4 is 10.0 Å². The first-order chi connectivity index (χ1) is 9.49. The molecule has 1 aromatic carbocycles. The summed E-state index contributed by atoms with van der Waals surface area (Å²) in [6, 6.07) is 7.01. The lowest BCUT2D eigenvalue weighted by molar-refractivity contribution is 0.202. The smallest absolute Gasteiger partial charge is 0.240 e. The SMILES string of the molecule is CCN[C@H](C)CNS(=O)(=O)c1ccc(CCOC)cc1. The summed E-state index contributed by atoms with van der Waals surface area (Å²) in [4.78, 5) is 0.294. The van der Waals surface area contributed by atoms with Gasteiger partial charge in [-0.05, 0) is 37.6 Å². The lowest BCUT2D eigenvalue weighted by Crippen LogP contribution is -2.38. The van der Waals surface area contributed by atoms with Gasteiger partial charge in [0.05, 0.1) is 11.5 Å². The van der Waals surface area contributed by atoms with Gasteiger partial charge >= 0.3 is 0 Å². The van der Waals surface area contributed by atoms with Crippen LogP contribution in [0.15, 0.2) is 29.2 Å². The van der Waals surface area contributed by atoms with Crippen LogP contribution in [0.1, 0.15) is 19.4 Å². The summed E-state index contributed by atoms with van der Waals surface area (Å²) in [5.74, 6) is 0. The average Bonchev–Trinajstić information content (AvgIpc) is 2.44. The molecule has 6 heteroatoms. The minimum atomic E-state index is -3.43. The third-order valence-corrected chi connectivity index (χ3v) is 4.40. The van der Waals surface area contributed by atoms with Crippen molar-refractivity contribution in [2.45, 2.75) is 31.2 Å². The van der Waals surface area contributed by atoms with Crippen LogP contribution in [0, 0.1) is 0 Å². The Morgan fingerprint density at radius 3 is 2.45 bits per heavy atom. The molecule has 1 aromatic rings. The fourth-order valence-electron chi connectivity index (χ4n) is 1.79. The van der Waals surface area contributed by atoms with Crippen molar-refractivity contribution in [2.75, 3.05) is 26.8 Å². The maximum absolute atomic E-state index is 12.1. The van der Waals surface area contributed by atoms with Crippen molar-refractivity contribution in [3.63, 3.8) is 0 Å².